The van der Waals surface area contributed by atoms with Crippen molar-refractivity contribution in [3.63, 3.8) is 0 Å². The van der Waals surface area contributed by atoms with Gasteiger partial charge in [-0.3, -0.25) is 9.69 Å². The average molecular weight is 434 g/mol. The van der Waals surface area contributed by atoms with E-state index in [1.165, 1.54) is 26.2 Å². The van der Waals surface area contributed by atoms with E-state index in [-0.39, 0.29) is 34.9 Å². The molecule has 9 nitrogen and oxygen atoms in total. The van der Waals surface area contributed by atoms with Crippen molar-refractivity contribution >= 4 is 25.8 Å². The number of hydrogen-bond acceptors (Lipinski definition) is 7. The Morgan fingerprint density at radius 1 is 1.21 bits per heavy atom. The Balaban J connectivity index is 1.73. The number of nitrogens with one attached hydrogen (secondary N) is 1. The summed E-state index contributed by atoms with van der Waals surface area (Å²) in [6.07, 6.45) is 0.459. The van der Waals surface area contributed by atoms with Gasteiger partial charge in [-0.15, -0.1) is 0 Å². The van der Waals surface area contributed by atoms with Gasteiger partial charge in [0, 0.05) is 26.7 Å². The van der Waals surface area contributed by atoms with Crippen LogP contribution in [0, 0.1) is 0 Å². The molecule has 1 aliphatic heterocycles. The molecule has 28 heavy (non-hydrogen) atoms. The molecule has 0 bridgehead atoms. The van der Waals surface area contributed by atoms with Crippen LogP contribution >= 0.6 is 0 Å². The predicted octanol–water partition coefficient (Wildman–Crippen LogP) is -0.449. The number of ether oxygens (including phenoxy) is 1. The lowest BCUT2D eigenvalue weighted by molar-refractivity contribution is -0.122. The van der Waals surface area contributed by atoms with Gasteiger partial charge in [0.25, 0.3) is 0 Å². The van der Waals surface area contributed by atoms with E-state index in [1.807, 2.05) is 0 Å². The van der Waals surface area contributed by atoms with E-state index < -0.39 is 19.9 Å². The highest BCUT2D eigenvalue weighted by molar-refractivity contribution is 7.91. The number of benzene rings is 1. The Labute approximate surface area is 166 Å². The van der Waals surface area contributed by atoms with Crippen molar-refractivity contribution in [1.82, 2.24) is 14.5 Å². The van der Waals surface area contributed by atoms with Crippen LogP contribution in [0.3, 0.4) is 0 Å². The summed E-state index contributed by atoms with van der Waals surface area (Å²) in [7, 11) is -1.79. The van der Waals surface area contributed by atoms with Crippen LogP contribution in [0.5, 0.6) is 5.75 Å². The van der Waals surface area contributed by atoms with Crippen LogP contribution in [0.2, 0.25) is 0 Å². The van der Waals surface area contributed by atoms with Crippen LogP contribution in [-0.2, 0) is 24.7 Å². The highest BCUT2D eigenvalue weighted by Crippen LogP contribution is 2.18. The maximum absolute atomic E-state index is 12.0. The molecule has 1 saturated heterocycles. The number of rotatable bonds is 9. The molecule has 0 saturated carbocycles. The van der Waals surface area contributed by atoms with Crippen LogP contribution in [-0.4, -0.2) is 90.3 Å². The molecule has 1 atom stereocenters. The Morgan fingerprint density at radius 2 is 1.86 bits per heavy atom. The minimum atomic E-state index is -3.47. The van der Waals surface area contributed by atoms with Crippen molar-refractivity contribution in [3.05, 3.63) is 24.3 Å². The van der Waals surface area contributed by atoms with E-state index in [9.17, 15) is 21.6 Å². The molecule has 0 radical (unpaired) electrons. The van der Waals surface area contributed by atoms with Crippen molar-refractivity contribution in [2.75, 3.05) is 52.3 Å². The predicted molar refractivity (Wildman–Crippen MR) is 106 cm³/mol. The molecule has 0 spiro atoms. The fourth-order valence-corrected chi connectivity index (χ4v) is 5.32. The largest absolute Gasteiger partial charge is 0.492 e. The second-order valence-corrected chi connectivity index (χ2v) is 11.4. The Kier molecular flexibility index (Phi) is 7.43. The molecule has 0 aliphatic carbocycles. The van der Waals surface area contributed by atoms with Gasteiger partial charge < -0.3 is 10.1 Å². The van der Waals surface area contributed by atoms with E-state index in [1.54, 1.807) is 24.1 Å². The van der Waals surface area contributed by atoms with Gasteiger partial charge in [0.05, 0.1) is 22.9 Å². The minimum absolute atomic E-state index is 0.00506. The third kappa shape index (κ3) is 6.43. The van der Waals surface area contributed by atoms with Gasteiger partial charge in [-0.25, -0.2) is 21.1 Å². The molecule has 1 aromatic rings. The zero-order valence-electron chi connectivity index (χ0n) is 16.3. The number of carbonyl (C=O) groups excluding carboxylic acids is 1. The van der Waals surface area contributed by atoms with Gasteiger partial charge in [-0.1, -0.05) is 0 Å². The molecule has 1 heterocycles. The minimum Gasteiger partial charge on any atom is -0.492 e. The molecule has 158 valence electrons. The van der Waals surface area contributed by atoms with Crippen LogP contribution in [0.1, 0.15) is 6.42 Å². The van der Waals surface area contributed by atoms with Gasteiger partial charge in [-0.2, -0.15) is 0 Å². The van der Waals surface area contributed by atoms with Crippen molar-refractivity contribution in [3.8, 4) is 5.75 Å². The van der Waals surface area contributed by atoms with Crippen molar-refractivity contribution in [1.29, 1.82) is 0 Å². The fourth-order valence-electron chi connectivity index (χ4n) is 2.74. The summed E-state index contributed by atoms with van der Waals surface area (Å²) >= 11 is 0. The van der Waals surface area contributed by atoms with Crippen LogP contribution < -0.4 is 10.1 Å². The van der Waals surface area contributed by atoms with E-state index in [4.69, 9.17) is 4.74 Å². The monoisotopic (exact) mass is 433 g/mol. The van der Waals surface area contributed by atoms with E-state index in [0.29, 0.717) is 25.3 Å². The van der Waals surface area contributed by atoms with Crippen molar-refractivity contribution < 1.29 is 26.4 Å². The highest BCUT2D eigenvalue weighted by atomic mass is 32.2. The normalized spacial score (nSPS) is 19.1. The molecular weight excluding hydrogens is 406 g/mol. The molecule has 1 N–H and O–H groups in total. The lowest BCUT2D eigenvalue weighted by Crippen LogP contribution is -2.42. The van der Waals surface area contributed by atoms with E-state index in [0.717, 1.165) is 4.31 Å². The Hall–Kier alpha value is -1.69. The smallest absolute Gasteiger partial charge is 0.242 e. The van der Waals surface area contributed by atoms with Gasteiger partial charge in [-0.05, 0) is 37.7 Å². The first kappa shape index (κ1) is 22.6. The van der Waals surface area contributed by atoms with E-state index >= 15 is 0 Å². The zero-order valence-corrected chi connectivity index (χ0v) is 17.9. The molecule has 2 rings (SSSR count). The number of carbonyl (C=O) groups is 1. The number of hydrogen-bond donors (Lipinski definition) is 1. The van der Waals surface area contributed by atoms with Crippen LogP contribution in [0.25, 0.3) is 0 Å². The van der Waals surface area contributed by atoms with Gasteiger partial charge in [0.1, 0.15) is 12.4 Å². The molecule has 11 heteroatoms. The summed E-state index contributed by atoms with van der Waals surface area (Å²) in [5, 5.41) is 2.74. The number of amides is 1. The van der Waals surface area contributed by atoms with Crippen molar-refractivity contribution in [2.45, 2.75) is 17.4 Å². The maximum Gasteiger partial charge on any atom is 0.242 e. The Morgan fingerprint density at radius 3 is 2.39 bits per heavy atom. The van der Waals surface area contributed by atoms with Crippen LogP contribution in [0.4, 0.5) is 0 Å². The summed E-state index contributed by atoms with van der Waals surface area (Å²) in [6, 6.07) is 5.83. The molecular formula is C17H27N3O6S2. The first-order valence-corrected chi connectivity index (χ1v) is 12.1. The topological polar surface area (TPSA) is 113 Å². The molecule has 1 fully saturated rings. The summed E-state index contributed by atoms with van der Waals surface area (Å²) < 4.78 is 53.6. The second kappa shape index (κ2) is 9.21. The average Bonchev–Trinajstić information content (AvgIpc) is 2.93. The van der Waals surface area contributed by atoms with Gasteiger partial charge in [0.15, 0.2) is 9.84 Å². The third-order valence-electron chi connectivity index (χ3n) is 4.36. The SMILES string of the molecule is CN(CCOc1ccc(S(=O)(=O)N(C)C)cc1)CC(=O)NC1CCS(=O)(=O)C1. The third-order valence-corrected chi connectivity index (χ3v) is 7.95. The summed E-state index contributed by atoms with van der Waals surface area (Å²) in [5.74, 6) is 0.441. The molecule has 1 amide bonds. The molecule has 1 aliphatic rings. The molecule has 0 aromatic heterocycles. The number of sulfonamides is 1. The second-order valence-electron chi connectivity index (χ2n) is 7.01. The zero-order chi connectivity index (χ0) is 20.9. The summed E-state index contributed by atoms with van der Waals surface area (Å²) in [6.45, 7) is 0.940. The quantitative estimate of drug-likeness (QED) is 0.561. The standard InChI is InChI=1S/C17H27N3O6S2/c1-19(2)28(24,25)16-6-4-15(5-7-16)26-10-9-20(3)12-17(21)18-14-8-11-27(22,23)13-14/h4-7,14H,8-13H2,1-3H3,(H,18,21). The van der Waals surface area contributed by atoms with Gasteiger partial charge in [0.2, 0.25) is 15.9 Å². The number of likely N-dealkylation sites (N-methyl/N-ethyl adjacent to an activating group) is 1. The summed E-state index contributed by atoms with van der Waals surface area (Å²) in [4.78, 5) is 13.9. The molecule has 1 aromatic carbocycles. The van der Waals surface area contributed by atoms with Gasteiger partial charge >= 0.3 is 0 Å². The maximum atomic E-state index is 12.0. The Bertz CT molecular complexity index is 882. The lowest BCUT2D eigenvalue weighted by Gasteiger charge is -2.18. The first-order chi connectivity index (χ1) is 13.0. The van der Waals surface area contributed by atoms with Crippen LogP contribution in [0.15, 0.2) is 29.2 Å². The fraction of sp³-hybridized carbons (Fsp3) is 0.588. The van der Waals surface area contributed by atoms with Crippen molar-refractivity contribution in [2.24, 2.45) is 0 Å². The number of sulfone groups is 1. The first-order valence-electron chi connectivity index (χ1n) is 8.83. The number of nitrogens with zero attached hydrogens (tertiary/aromatic N) is 2. The molecule has 1 unspecified atom stereocenters. The lowest BCUT2D eigenvalue weighted by atomic mass is 10.2. The van der Waals surface area contributed by atoms with E-state index in [2.05, 4.69) is 5.32 Å². The summed E-state index contributed by atoms with van der Waals surface area (Å²) in [5.41, 5.74) is 0. The highest BCUT2D eigenvalue weighted by Gasteiger charge is 2.28.